The Morgan fingerprint density at radius 3 is 2.48 bits per heavy atom. The molecule has 0 radical (unpaired) electrons. The standard InChI is InChI=1S/C17H32N4/c1-7-14-10-15(20(6)19-14)11-21-13-16(4,8-2)18-12-17(21,5)9-3/h10,18H,7-9,11-13H2,1-6H3. The third-order valence-electron chi connectivity index (χ3n) is 5.48. The molecule has 0 aromatic carbocycles. The highest BCUT2D eigenvalue weighted by atomic mass is 15.3. The minimum Gasteiger partial charge on any atom is -0.308 e. The van der Waals surface area contributed by atoms with Crippen LogP contribution in [0.5, 0.6) is 0 Å². The summed E-state index contributed by atoms with van der Waals surface area (Å²) in [6.07, 6.45) is 3.33. The first-order valence-electron chi connectivity index (χ1n) is 8.37. The van der Waals surface area contributed by atoms with Gasteiger partial charge in [0.25, 0.3) is 0 Å². The Kier molecular flexibility index (Phi) is 4.79. The van der Waals surface area contributed by atoms with Crippen molar-refractivity contribution in [1.82, 2.24) is 20.0 Å². The Labute approximate surface area is 129 Å². The Morgan fingerprint density at radius 1 is 1.24 bits per heavy atom. The highest BCUT2D eigenvalue weighted by Crippen LogP contribution is 2.30. The molecule has 0 aliphatic carbocycles. The maximum Gasteiger partial charge on any atom is 0.0625 e. The first-order chi connectivity index (χ1) is 9.85. The van der Waals surface area contributed by atoms with Crippen LogP contribution in [-0.2, 0) is 20.0 Å². The molecule has 1 fully saturated rings. The van der Waals surface area contributed by atoms with Crippen LogP contribution < -0.4 is 5.32 Å². The monoisotopic (exact) mass is 292 g/mol. The zero-order valence-corrected chi connectivity index (χ0v) is 14.7. The van der Waals surface area contributed by atoms with E-state index in [0.717, 1.165) is 38.9 Å². The van der Waals surface area contributed by atoms with E-state index in [4.69, 9.17) is 0 Å². The van der Waals surface area contributed by atoms with Gasteiger partial charge in [0.2, 0.25) is 0 Å². The minimum absolute atomic E-state index is 0.223. The summed E-state index contributed by atoms with van der Waals surface area (Å²) in [5.41, 5.74) is 2.97. The molecule has 0 saturated carbocycles. The fraction of sp³-hybridized carbons (Fsp3) is 0.824. The number of piperazine rings is 1. The van der Waals surface area contributed by atoms with Gasteiger partial charge >= 0.3 is 0 Å². The SMILES string of the molecule is CCc1cc(CN2CC(C)(CC)NCC2(C)CC)n(C)n1. The Hall–Kier alpha value is -0.870. The van der Waals surface area contributed by atoms with E-state index in [1.165, 1.54) is 11.4 Å². The van der Waals surface area contributed by atoms with Crippen LogP contribution >= 0.6 is 0 Å². The van der Waals surface area contributed by atoms with Crippen molar-refractivity contribution in [3.05, 3.63) is 17.5 Å². The maximum absolute atomic E-state index is 4.60. The summed E-state index contributed by atoms with van der Waals surface area (Å²) in [5, 5.41) is 8.37. The number of aryl methyl sites for hydroxylation is 2. The molecular weight excluding hydrogens is 260 g/mol. The predicted octanol–water partition coefficient (Wildman–Crippen LogP) is 2.73. The fourth-order valence-electron chi connectivity index (χ4n) is 3.10. The van der Waals surface area contributed by atoms with Gasteiger partial charge in [-0.3, -0.25) is 9.58 Å². The predicted molar refractivity (Wildman–Crippen MR) is 88.4 cm³/mol. The molecule has 0 bridgehead atoms. The molecular formula is C17H32N4. The van der Waals surface area contributed by atoms with Crippen molar-refractivity contribution in [2.75, 3.05) is 13.1 Å². The molecule has 1 aliphatic heterocycles. The van der Waals surface area contributed by atoms with Crippen LogP contribution in [0, 0.1) is 0 Å². The molecule has 2 rings (SSSR count). The normalized spacial score (nSPS) is 30.8. The Balaban J connectivity index is 2.22. The molecule has 21 heavy (non-hydrogen) atoms. The zero-order valence-electron chi connectivity index (χ0n) is 14.7. The number of nitrogens with zero attached hydrogens (tertiary/aromatic N) is 3. The highest BCUT2D eigenvalue weighted by molar-refractivity contribution is 5.12. The van der Waals surface area contributed by atoms with Crippen LogP contribution in [0.15, 0.2) is 6.07 Å². The molecule has 2 unspecified atom stereocenters. The van der Waals surface area contributed by atoms with Crippen LogP contribution in [0.1, 0.15) is 58.8 Å². The van der Waals surface area contributed by atoms with Crippen LogP contribution in [0.25, 0.3) is 0 Å². The average Bonchev–Trinajstić information content (AvgIpc) is 2.84. The third kappa shape index (κ3) is 3.32. The molecule has 0 spiro atoms. The van der Waals surface area contributed by atoms with E-state index in [-0.39, 0.29) is 11.1 Å². The molecule has 1 aromatic heterocycles. The number of hydrogen-bond acceptors (Lipinski definition) is 3. The molecule has 0 amide bonds. The zero-order chi connectivity index (χ0) is 15.7. The van der Waals surface area contributed by atoms with E-state index in [0.29, 0.717) is 0 Å². The summed E-state index contributed by atoms with van der Waals surface area (Å²) in [6.45, 7) is 14.6. The largest absolute Gasteiger partial charge is 0.308 e. The van der Waals surface area contributed by atoms with Gasteiger partial charge in [0, 0.05) is 37.8 Å². The molecule has 2 atom stereocenters. The molecule has 1 saturated heterocycles. The van der Waals surface area contributed by atoms with Crippen molar-refractivity contribution in [2.24, 2.45) is 7.05 Å². The van der Waals surface area contributed by atoms with E-state index >= 15 is 0 Å². The summed E-state index contributed by atoms with van der Waals surface area (Å²) < 4.78 is 2.06. The summed E-state index contributed by atoms with van der Waals surface area (Å²) in [5.74, 6) is 0. The fourth-order valence-corrected chi connectivity index (χ4v) is 3.10. The van der Waals surface area contributed by atoms with Gasteiger partial charge in [-0.05, 0) is 39.2 Å². The van der Waals surface area contributed by atoms with Gasteiger partial charge < -0.3 is 5.32 Å². The lowest BCUT2D eigenvalue weighted by molar-refractivity contribution is 0.00878. The summed E-state index contributed by atoms with van der Waals surface area (Å²) >= 11 is 0. The molecule has 120 valence electrons. The second kappa shape index (κ2) is 6.09. The first kappa shape index (κ1) is 16.5. The third-order valence-corrected chi connectivity index (χ3v) is 5.48. The Bertz CT molecular complexity index is 481. The van der Waals surface area contributed by atoms with E-state index in [2.05, 4.69) is 67.7 Å². The van der Waals surface area contributed by atoms with Gasteiger partial charge in [-0.25, -0.2) is 0 Å². The lowest BCUT2D eigenvalue weighted by Gasteiger charge is -2.52. The van der Waals surface area contributed by atoms with Gasteiger partial charge in [0.15, 0.2) is 0 Å². The van der Waals surface area contributed by atoms with Crippen molar-refractivity contribution < 1.29 is 0 Å². The second-order valence-corrected chi connectivity index (χ2v) is 7.08. The lowest BCUT2D eigenvalue weighted by Crippen LogP contribution is -2.67. The van der Waals surface area contributed by atoms with E-state index in [9.17, 15) is 0 Å². The van der Waals surface area contributed by atoms with Crippen molar-refractivity contribution in [1.29, 1.82) is 0 Å². The molecule has 4 heteroatoms. The van der Waals surface area contributed by atoms with E-state index < -0.39 is 0 Å². The Morgan fingerprint density at radius 2 is 1.95 bits per heavy atom. The first-order valence-corrected chi connectivity index (χ1v) is 8.37. The quantitative estimate of drug-likeness (QED) is 0.906. The molecule has 2 heterocycles. The smallest absolute Gasteiger partial charge is 0.0625 e. The van der Waals surface area contributed by atoms with Crippen molar-refractivity contribution in [3.8, 4) is 0 Å². The topological polar surface area (TPSA) is 33.1 Å². The summed E-state index contributed by atoms with van der Waals surface area (Å²) in [4.78, 5) is 2.66. The second-order valence-electron chi connectivity index (χ2n) is 7.08. The molecule has 1 aromatic rings. The lowest BCUT2D eigenvalue weighted by atomic mass is 9.85. The van der Waals surface area contributed by atoms with Crippen LogP contribution in [0.4, 0.5) is 0 Å². The molecule has 4 nitrogen and oxygen atoms in total. The van der Waals surface area contributed by atoms with Crippen molar-refractivity contribution in [2.45, 2.75) is 71.5 Å². The van der Waals surface area contributed by atoms with E-state index in [1.54, 1.807) is 0 Å². The van der Waals surface area contributed by atoms with Crippen molar-refractivity contribution in [3.63, 3.8) is 0 Å². The van der Waals surface area contributed by atoms with Gasteiger partial charge in [0.1, 0.15) is 0 Å². The summed E-state index contributed by atoms with van der Waals surface area (Å²) in [7, 11) is 2.07. The molecule has 1 aliphatic rings. The number of rotatable bonds is 5. The van der Waals surface area contributed by atoms with Gasteiger partial charge in [-0.15, -0.1) is 0 Å². The van der Waals surface area contributed by atoms with Gasteiger partial charge in [-0.1, -0.05) is 20.8 Å². The maximum atomic E-state index is 4.60. The number of hydrogen-bond donors (Lipinski definition) is 1. The van der Waals surface area contributed by atoms with Crippen LogP contribution in [0.2, 0.25) is 0 Å². The summed E-state index contributed by atoms with van der Waals surface area (Å²) in [6, 6.07) is 2.27. The molecule has 1 N–H and O–H groups in total. The van der Waals surface area contributed by atoms with Gasteiger partial charge in [0.05, 0.1) is 11.4 Å². The van der Waals surface area contributed by atoms with E-state index in [1.807, 2.05) is 0 Å². The minimum atomic E-state index is 0.223. The number of nitrogens with one attached hydrogen (secondary N) is 1. The van der Waals surface area contributed by atoms with Gasteiger partial charge in [-0.2, -0.15) is 5.10 Å². The highest BCUT2D eigenvalue weighted by Gasteiger charge is 2.41. The van der Waals surface area contributed by atoms with Crippen LogP contribution in [-0.4, -0.2) is 38.8 Å². The van der Waals surface area contributed by atoms with Crippen LogP contribution in [0.3, 0.4) is 0 Å². The number of aromatic nitrogens is 2. The average molecular weight is 292 g/mol. The van der Waals surface area contributed by atoms with Crippen molar-refractivity contribution >= 4 is 0 Å².